The van der Waals surface area contributed by atoms with Gasteiger partial charge in [-0.05, 0) is 37.1 Å². The van der Waals surface area contributed by atoms with E-state index < -0.39 is 5.97 Å². The summed E-state index contributed by atoms with van der Waals surface area (Å²) in [6.45, 7) is 3.58. The third kappa shape index (κ3) is 4.59. The van der Waals surface area contributed by atoms with Gasteiger partial charge in [-0.25, -0.2) is 0 Å². The molecule has 0 radical (unpaired) electrons. The number of ether oxygens (including phenoxy) is 2. The van der Waals surface area contributed by atoms with E-state index in [0.29, 0.717) is 5.75 Å². The summed E-state index contributed by atoms with van der Waals surface area (Å²) in [4.78, 5) is 23.8. The van der Waals surface area contributed by atoms with E-state index >= 15 is 0 Å². The highest BCUT2D eigenvalue weighted by atomic mass is 16.5. The van der Waals surface area contributed by atoms with E-state index in [-0.39, 0.29) is 18.9 Å². The van der Waals surface area contributed by atoms with Crippen molar-refractivity contribution in [3.05, 3.63) is 59.2 Å². The van der Waals surface area contributed by atoms with Crippen LogP contribution >= 0.6 is 0 Å². The van der Waals surface area contributed by atoms with Crippen LogP contribution in [0.4, 0.5) is 5.69 Å². The molecule has 1 amide bonds. The SMILES string of the molecule is COc1ccccc1CC(=O)OCC(=O)Nc1cccc(C)c1C. The predicted molar refractivity (Wildman–Crippen MR) is 92.2 cm³/mol. The monoisotopic (exact) mass is 327 g/mol. The second-order valence-electron chi connectivity index (χ2n) is 5.44. The van der Waals surface area contributed by atoms with Gasteiger partial charge in [0.05, 0.1) is 13.5 Å². The zero-order chi connectivity index (χ0) is 17.5. The minimum Gasteiger partial charge on any atom is -0.496 e. The van der Waals surface area contributed by atoms with Crippen molar-refractivity contribution < 1.29 is 19.1 Å². The van der Waals surface area contributed by atoms with Gasteiger partial charge < -0.3 is 14.8 Å². The molecule has 2 aromatic rings. The van der Waals surface area contributed by atoms with Crippen molar-refractivity contribution in [3.63, 3.8) is 0 Å². The molecule has 2 rings (SSSR count). The van der Waals surface area contributed by atoms with E-state index in [1.54, 1.807) is 19.2 Å². The lowest BCUT2D eigenvalue weighted by molar-refractivity contribution is -0.146. The van der Waals surface area contributed by atoms with Gasteiger partial charge in [0.15, 0.2) is 6.61 Å². The number of hydrogen-bond acceptors (Lipinski definition) is 4. The second kappa shape index (κ2) is 8.15. The van der Waals surface area contributed by atoms with Gasteiger partial charge in [0.1, 0.15) is 5.75 Å². The molecule has 0 bridgehead atoms. The summed E-state index contributed by atoms with van der Waals surface area (Å²) >= 11 is 0. The second-order valence-corrected chi connectivity index (χ2v) is 5.44. The van der Waals surface area contributed by atoms with Gasteiger partial charge in [0.25, 0.3) is 5.91 Å². The van der Waals surface area contributed by atoms with Crippen LogP contribution in [0.1, 0.15) is 16.7 Å². The van der Waals surface area contributed by atoms with Crippen LogP contribution in [0.2, 0.25) is 0 Å². The van der Waals surface area contributed by atoms with Gasteiger partial charge in [0, 0.05) is 11.3 Å². The molecule has 0 aliphatic carbocycles. The lowest BCUT2D eigenvalue weighted by Crippen LogP contribution is -2.22. The van der Waals surface area contributed by atoms with Crippen LogP contribution in [0.3, 0.4) is 0 Å². The van der Waals surface area contributed by atoms with E-state index in [9.17, 15) is 9.59 Å². The topological polar surface area (TPSA) is 64.6 Å². The van der Waals surface area contributed by atoms with Crippen molar-refractivity contribution in [1.82, 2.24) is 0 Å². The van der Waals surface area contributed by atoms with Gasteiger partial charge in [0.2, 0.25) is 0 Å². The minimum atomic E-state index is -0.476. The molecule has 5 heteroatoms. The van der Waals surface area contributed by atoms with Crippen LogP contribution < -0.4 is 10.1 Å². The molecule has 0 aliphatic rings. The Morgan fingerprint density at radius 3 is 2.54 bits per heavy atom. The number of carbonyl (C=O) groups excluding carboxylic acids is 2. The van der Waals surface area contributed by atoms with Crippen LogP contribution in [-0.4, -0.2) is 25.6 Å². The largest absolute Gasteiger partial charge is 0.496 e. The zero-order valence-corrected chi connectivity index (χ0v) is 14.1. The van der Waals surface area contributed by atoms with Crippen molar-refractivity contribution in [3.8, 4) is 5.75 Å². The Morgan fingerprint density at radius 1 is 1.04 bits per heavy atom. The summed E-state index contributed by atoms with van der Waals surface area (Å²) < 4.78 is 10.2. The Kier molecular flexibility index (Phi) is 5.95. The number of amides is 1. The number of anilines is 1. The van der Waals surface area contributed by atoms with Crippen molar-refractivity contribution in [2.75, 3.05) is 19.0 Å². The Labute approximate surface area is 141 Å². The number of hydrogen-bond donors (Lipinski definition) is 1. The van der Waals surface area contributed by atoms with Gasteiger partial charge in [-0.2, -0.15) is 0 Å². The van der Waals surface area contributed by atoms with Crippen LogP contribution in [0.5, 0.6) is 5.75 Å². The van der Waals surface area contributed by atoms with Gasteiger partial charge in [-0.15, -0.1) is 0 Å². The zero-order valence-electron chi connectivity index (χ0n) is 14.1. The smallest absolute Gasteiger partial charge is 0.310 e. The molecular weight excluding hydrogens is 306 g/mol. The molecule has 0 unspecified atom stereocenters. The Hall–Kier alpha value is -2.82. The molecule has 0 saturated heterocycles. The first-order valence-electron chi connectivity index (χ1n) is 7.65. The van der Waals surface area contributed by atoms with E-state index in [4.69, 9.17) is 9.47 Å². The van der Waals surface area contributed by atoms with E-state index in [2.05, 4.69) is 5.32 Å². The maximum Gasteiger partial charge on any atom is 0.310 e. The average molecular weight is 327 g/mol. The van der Waals surface area contributed by atoms with E-state index in [1.165, 1.54) is 0 Å². The molecule has 126 valence electrons. The lowest BCUT2D eigenvalue weighted by atomic mass is 10.1. The van der Waals surface area contributed by atoms with Crippen LogP contribution in [0.25, 0.3) is 0 Å². The highest BCUT2D eigenvalue weighted by Crippen LogP contribution is 2.19. The molecule has 0 aliphatic heterocycles. The first-order chi connectivity index (χ1) is 11.5. The fraction of sp³-hybridized carbons (Fsp3) is 0.263. The normalized spacial score (nSPS) is 10.1. The molecule has 0 spiro atoms. The molecule has 24 heavy (non-hydrogen) atoms. The first kappa shape index (κ1) is 17.5. The molecule has 0 heterocycles. The third-order valence-corrected chi connectivity index (χ3v) is 3.77. The molecular formula is C19H21NO4. The number of para-hydroxylation sites is 1. The third-order valence-electron chi connectivity index (χ3n) is 3.77. The van der Waals surface area contributed by atoms with Crippen LogP contribution in [0.15, 0.2) is 42.5 Å². The first-order valence-corrected chi connectivity index (χ1v) is 7.65. The molecule has 2 aromatic carbocycles. The molecule has 0 fully saturated rings. The summed E-state index contributed by atoms with van der Waals surface area (Å²) in [6, 6.07) is 12.9. The highest BCUT2D eigenvalue weighted by Gasteiger charge is 2.12. The van der Waals surface area contributed by atoms with E-state index in [0.717, 1.165) is 22.4 Å². The Balaban J connectivity index is 1.87. The number of methoxy groups -OCH3 is 1. The number of rotatable bonds is 6. The highest BCUT2D eigenvalue weighted by molar-refractivity contribution is 5.93. The number of esters is 1. The molecule has 5 nitrogen and oxygen atoms in total. The lowest BCUT2D eigenvalue weighted by Gasteiger charge is -2.11. The van der Waals surface area contributed by atoms with Crippen molar-refractivity contribution in [1.29, 1.82) is 0 Å². The summed E-state index contributed by atoms with van der Waals surface area (Å²) in [7, 11) is 1.54. The summed E-state index contributed by atoms with van der Waals surface area (Å²) in [5.74, 6) is -0.220. The fourth-order valence-corrected chi connectivity index (χ4v) is 2.27. The minimum absolute atomic E-state index is 0.0563. The fourth-order valence-electron chi connectivity index (χ4n) is 2.27. The van der Waals surface area contributed by atoms with Gasteiger partial charge in [-0.3, -0.25) is 9.59 Å². The van der Waals surface area contributed by atoms with Crippen LogP contribution in [-0.2, 0) is 20.7 Å². The molecule has 0 aromatic heterocycles. The predicted octanol–water partition coefficient (Wildman–Crippen LogP) is 3.04. The molecule has 0 saturated carbocycles. The summed E-state index contributed by atoms with van der Waals surface area (Å²) in [6.07, 6.45) is 0.0563. The molecule has 1 N–H and O–H groups in total. The van der Waals surface area contributed by atoms with Gasteiger partial charge >= 0.3 is 5.97 Å². The van der Waals surface area contributed by atoms with Crippen molar-refractivity contribution in [2.45, 2.75) is 20.3 Å². The number of aryl methyl sites for hydroxylation is 1. The Morgan fingerprint density at radius 2 is 1.79 bits per heavy atom. The number of nitrogens with one attached hydrogen (secondary N) is 1. The van der Waals surface area contributed by atoms with E-state index in [1.807, 2.05) is 44.2 Å². The standard InChI is InChI=1S/C19H21NO4/c1-13-7-6-9-16(14(13)2)20-18(21)12-24-19(22)11-15-8-4-5-10-17(15)23-3/h4-10H,11-12H2,1-3H3,(H,20,21). The quantitative estimate of drug-likeness (QED) is 0.828. The van der Waals surface area contributed by atoms with Gasteiger partial charge in [-0.1, -0.05) is 30.3 Å². The molecule has 0 atom stereocenters. The maximum atomic E-state index is 11.9. The summed E-state index contributed by atoms with van der Waals surface area (Å²) in [5, 5.41) is 2.75. The summed E-state index contributed by atoms with van der Waals surface area (Å²) in [5.41, 5.74) is 3.52. The van der Waals surface area contributed by atoms with Crippen molar-refractivity contribution >= 4 is 17.6 Å². The average Bonchev–Trinajstić information content (AvgIpc) is 2.58. The van der Waals surface area contributed by atoms with Crippen molar-refractivity contribution in [2.24, 2.45) is 0 Å². The maximum absolute atomic E-state index is 11.9. The number of carbonyl (C=O) groups is 2. The van der Waals surface area contributed by atoms with Crippen LogP contribution in [0, 0.1) is 13.8 Å². The Bertz CT molecular complexity index is 740. The number of benzene rings is 2.